The maximum Gasteiger partial charge on any atom is 0.342 e. The Hall–Kier alpha value is -1.14. The Morgan fingerprint density at radius 2 is 2.09 bits per heavy atom. The molecule has 0 radical (unpaired) electrons. The molecule has 6 heteroatoms. The summed E-state index contributed by atoms with van der Waals surface area (Å²) in [5.74, 6) is -2.07. The molecule has 0 heterocycles. The Bertz CT molecular complexity index is 157. The lowest BCUT2D eigenvalue weighted by molar-refractivity contribution is -0.234. The van der Waals surface area contributed by atoms with Crippen molar-refractivity contribution in [2.24, 2.45) is 5.73 Å². The van der Waals surface area contributed by atoms with Gasteiger partial charge in [0.2, 0.25) is 0 Å². The van der Waals surface area contributed by atoms with Gasteiger partial charge < -0.3 is 15.7 Å². The molecule has 0 fully saturated rings. The van der Waals surface area contributed by atoms with Gasteiger partial charge in [-0.1, -0.05) is 0 Å². The zero-order valence-corrected chi connectivity index (χ0v) is 5.69. The summed E-state index contributed by atoms with van der Waals surface area (Å²) in [5, 5.41) is 16.0. The molecule has 0 aromatic carbocycles. The van der Waals surface area contributed by atoms with E-state index in [-0.39, 0.29) is 12.8 Å². The van der Waals surface area contributed by atoms with Gasteiger partial charge in [0.1, 0.15) is 6.04 Å². The normalized spacial score (nSPS) is 12.2. The SMILES string of the molecule is N[C@@H](CCC(=O)OO)C(=O)O. The minimum Gasteiger partial charge on any atom is -0.480 e. The van der Waals surface area contributed by atoms with E-state index >= 15 is 0 Å². The van der Waals surface area contributed by atoms with Gasteiger partial charge in [0.25, 0.3) is 0 Å². The summed E-state index contributed by atoms with van der Waals surface area (Å²) in [6.45, 7) is 0. The lowest BCUT2D eigenvalue weighted by Gasteiger charge is -2.02. The van der Waals surface area contributed by atoms with E-state index in [9.17, 15) is 9.59 Å². The second kappa shape index (κ2) is 4.64. The van der Waals surface area contributed by atoms with Crippen molar-refractivity contribution in [3.8, 4) is 0 Å². The maximum absolute atomic E-state index is 10.2. The quantitative estimate of drug-likeness (QED) is 0.369. The third-order valence-corrected chi connectivity index (χ3v) is 1.08. The Balaban J connectivity index is 3.54. The van der Waals surface area contributed by atoms with Crippen LogP contribution in [0.25, 0.3) is 0 Å². The number of carboxylic acid groups (broad SMARTS) is 1. The smallest absolute Gasteiger partial charge is 0.342 e. The number of hydrogen-bond donors (Lipinski definition) is 3. The molecular weight excluding hydrogens is 154 g/mol. The van der Waals surface area contributed by atoms with Crippen LogP contribution in [0.15, 0.2) is 0 Å². The van der Waals surface area contributed by atoms with Crippen LogP contribution < -0.4 is 5.73 Å². The van der Waals surface area contributed by atoms with Gasteiger partial charge in [-0.3, -0.25) is 4.79 Å². The first kappa shape index (κ1) is 9.86. The third kappa shape index (κ3) is 4.29. The predicted octanol–water partition coefficient (Wildman–Crippen LogP) is -0.805. The topological polar surface area (TPSA) is 110 Å². The van der Waals surface area contributed by atoms with Crippen molar-refractivity contribution in [2.45, 2.75) is 18.9 Å². The van der Waals surface area contributed by atoms with Gasteiger partial charge in [0.05, 0.1) is 6.42 Å². The van der Waals surface area contributed by atoms with Crippen LogP contribution in [0.5, 0.6) is 0 Å². The highest BCUT2D eigenvalue weighted by Gasteiger charge is 2.13. The molecule has 0 saturated carbocycles. The first-order chi connectivity index (χ1) is 5.07. The molecule has 11 heavy (non-hydrogen) atoms. The lowest BCUT2D eigenvalue weighted by atomic mass is 10.2. The monoisotopic (exact) mass is 163 g/mol. The zero-order valence-electron chi connectivity index (χ0n) is 5.69. The molecule has 0 aliphatic heterocycles. The van der Waals surface area contributed by atoms with E-state index < -0.39 is 18.0 Å². The van der Waals surface area contributed by atoms with Crippen molar-refractivity contribution in [1.29, 1.82) is 0 Å². The molecule has 0 spiro atoms. The van der Waals surface area contributed by atoms with E-state index in [2.05, 4.69) is 4.89 Å². The highest BCUT2D eigenvalue weighted by molar-refractivity contribution is 5.75. The highest BCUT2D eigenvalue weighted by Crippen LogP contribution is 1.95. The van der Waals surface area contributed by atoms with Crippen LogP contribution in [0.3, 0.4) is 0 Å². The fraction of sp³-hybridized carbons (Fsp3) is 0.600. The zero-order chi connectivity index (χ0) is 8.85. The molecule has 0 aliphatic carbocycles. The van der Waals surface area contributed by atoms with Crippen molar-refractivity contribution in [3.05, 3.63) is 0 Å². The average molecular weight is 163 g/mol. The number of carbonyl (C=O) groups excluding carboxylic acids is 1. The largest absolute Gasteiger partial charge is 0.480 e. The van der Waals surface area contributed by atoms with Gasteiger partial charge in [0, 0.05) is 0 Å². The van der Waals surface area contributed by atoms with Crippen molar-refractivity contribution in [3.63, 3.8) is 0 Å². The lowest BCUT2D eigenvalue weighted by Crippen LogP contribution is -2.30. The second-order valence-corrected chi connectivity index (χ2v) is 1.95. The first-order valence-electron chi connectivity index (χ1n) is 2.90. The Morgan fingerprint density at radius 3 is 2.45 bits per heavy atom. The summed E-state index contributed by atoms with van der Waals surface area (Å²) in [6.07, 6.45) is -0.251. The van der Waals surface area contributed by atoms with E-state index in [0.717, 1.165) is 0 Å². The molecule has 0 bridgehead atoms. The van der Waals surface area contributed by atoms with E-state index in [1.807, 2.05) is 0 Å². The van der Waals surface area contributed by atoms with Crippen molar-refractivity contribution in [1.82, 2.24) is 0 Å². The van der Waals surface area contributed by atoms with Crippen LogP contribution in [0, 0.1) is 0 Å². The Morgan fingerprint density at radius 1 is 1.55 bits per heavy atom. The molecule has 0 aromatic rings. The third-order valence-electron chi connectivity index (χ3n) is 1.08. The van der Waals surface area contributed by atoms with Crippen LogP contribution in [0.4, 0.5) is 0 Å². The van der Waals surface area contributed by atoms with Crippen LogP contribution in [0.2, 0.25) is 0 Å². The van der Waals surface area contributed by atoms with Crippen LogP contribution in [-0.4, -0.2) is 28.3 Å². The summed E-state index contributed by atoms with van der Waals surface area (Å²) in [5.41, 5.74) is 5.03. The molecule has 0 unspecified atom stereocenters. The van der Waals surface area contributed by atoms with Crippen molar-refractivity contribution in [2.75, 3.05) is 0 Å². The molecule has 64 valence electrons. The molecule has 0 amide bonds. The average Bonchev–Trinajstić information content (AvgIpc) is 1.99. The number of carboxylic acids is 1. The van der Waals surface area contributed by atoms with Crippen LogP contribution >= 0.6 is 0 Å². The van der Waals surface area contributed by atoms with Crippen molar-refractivity contribution < 1.29 is 24.8 Å². The standard InChI is InChI=1S/C5H9NO5/c6-3(5(8)9)1-2-4(7)11-10/h3,10H,1-2,6H2,(H,8,9)/t3-/m0/s1. The molecule has 1 atom stereocenters. The number of rotatable bonds is 4. The summed E-state index contributed by atoms with van der Waals surface area (Å²) in [7, 11) is 0. The summed E-state index contributed by atoms with van der Waals surface area (Å²) < 4.78 is 0. The highest BCUT2D eigenvalue weighted by atomic mass is 17.1. The van der Waals surface area contributed by atoms with Gasteiger partial charge in [-0.25, -0.2) is 4.79 Å². The van der Waals surface area contributed by atoms with Gasteiger partial charge in [0.15, 0.2) is 0 Å². The van der Waals surface area contributed by atoms with E-state index in [1.165, 1.54) is 0 Å². The van der Waals surface area contributed by atoms with Crippen LogP contribution in [-0.2, 0) is 14.5 Å². The van der Waals surface area contributed by atoms with E-state index in [4.69, 9.17) is 16.1 Å². The second-order valence-electron chi connectivity index (χ2n) is 1.95. The molecule has 0 rings (SSSR count). The maximum atomic E-state index is 10.2. The fourth-order valence-electron chi connectivity index (χ4n) is 0.442. The molecular formula is C5H9NO5. The predicted molar refractivity (Wildman–Crippen MR) is 33.6 cm³/mol. The molecule has 6 nitrogen and oxygen atoms in total. The molecule has 0 aromatic heterocycles. The molecule has 0 saturated heterocycles. The Kier molecular flexibility index (Phi) is 4.16. The van der Waals surface area contributed by atoms with Crippen molar-refractivity contribution >= 4 is 11.9 Å². The fourth-order valence-corrected chi connectivity index (χ4v) is 0.442. The Labute approximate surface area is 62.5 Å². The molecule has 4 N–H and O–H groups in total. The van der Waals surface area contributed by atoms with E-state index in [1.54, 1.807) is 0 Å². The van der Waals surface area contributed by atoms with Gasteiger partial charge >= 0.3 is 11.9 Å². The summed E-state index contributed by atoms with van der Waals surface area (Å²) in [6, 6.07) is -1.09. The van der Waals surface area contributed by atoms with Gasteiger partial charge in [-0.05, 0) is 6.42 Å². The number of aliphatic carboxylic acids is 1. The van der Waals surface area contributed by atoms with Gasteiger partial charge in [-0.2, -0.15) is 5.26 Å². The number of carbonyl (C=O) groups is 2. The van der Waals surface area contributed by atoms with Gasteiger partial charge in [-0.15, -0.1) is 0 Å². The minimum absolute atomic E-state index is 0.0469. The molecule has 0 aliphatic rings. The summed E-state index contributed by atoms with van der Waals surface area (Å²) >= 11 is 0. The van der Waals surface area contributed by atoms with Crippen LogP contribution in [0.1, 0.15) is 12.8 Å². The van der Waals surface area contributed by atoms with E-state index in [0.29, 0.717) is 0 Å². The number of hydrogen-bond acceptors (Lipinski definition) is 5. The first-order valence-corrected chi connectivity index (χ1v) is 2.90. The summed E-state index contributed by atoms with van der Waals surface area (Å²) in [4.78, 5) is 23.6. The number of nitrogens with two attached hydrogens (primary N) is 1. The minimum atomic E-state index is -1.18.